The summed E-state index contributed by atoms with van der Waals surface area (Å²) < 4.78 is 38.6. The highest BCUT2D eigenvalue weighted by Gasteiger charge is 2.34. The van der Waals surface area contributed by atoms with E-state index in [4.69, 9.17) is 17.3 Å². The number of benzene rings is 1. The Labute approximate surface area is 120 Å². The lowest BCUT2D eigenvalue weighted by atomic mass is 10.0. The van der Waals surface area contributed by atoms with E-state index in [1.54, 1.807) is 0 Å². The predicted molar refractivity (Wildman–Crippen MR) is 72.5 cm³/mol. The van der Waals surface area contributed by atoms with Crippen LogP contribution >= 0.6 is 11.6 Å². The normalized spacial score (nSPS) is 13.1. The SMILES string of the molecule is CCCC(CN)C(=O)Nc1ccc(Cl)cc1C(F)(F)F. The van der Waals surface area contributed by atoms with Crippen LogP contribution in [-0.4, -0.2) is 12.5 Å². The first-order chi connectivity index (χ1) is 9.29. The van der Waals surface area contributed by atoms with Crippen molar-refractivity contribution >= 4 is 23.2 Å². The zero-order valence-electron chi connectivity index (χ0n) is 10.9. The van der Waals surface area contributed by atoms with E-state index in [1.165, 1.54) is 6.07 Å². The molecule has 0 fully saturated rings. The number of anilines is 1. The van der Waals surface area contributed by atoms with Crippen molar-refractivity contribution in [3.63, 3.8) is 0 Å². The summed E-state index contributed by atoms with van der Waals surface area (Å²) in [4.78, 5) is 11.9. The van der Waals surface area contributed by atoms with Gasteiger partial charge in [-0.15, -0.1) is 0 Å². The fourth-order valence-corrected chi connectivity index (χ4v) is 1.97. The Balaban J connectivity index is 3.00. The molecule has 20 heavy (non-hydrogen) atoms. The molecule has 0 aliphatic carbocycles. The Morgan fingerprint density at radius 1 is 1.45 bits per heavy atom. The molecule has 0 spiro atoms. The van der Waals surface area contributed by atoms with Crippen LogP contribution < -0.4 is 11.1 Å². The van der Waals surface area contributed by atoms with Crippen molar-refractivity contribution in [1.29, 1.82) is 0 Å². The molecule has 0 saturated heterocycles. The number of alkyl halides is 3. The fraction of sp³-hybridized carbons (Fsp3) is 0.462. The largest absolute Gasteiger partial charge is 0.418 e. The third-order valence-electron chi connectivity index (χ3n) is 2.84. The number of amides is 1. The van der Waals surface area contributed by atoms with Crippen molar-refractivity contribution in [2.75, 3.05) is 11.9 Å². The molecular formula is C13H16ClF3N2O. The van der Waals surface area contributed by atoms with E-state index in [-0.39, 0.29) is 17.3 Å². The van der Waals surface area contributed by atoms with Gasteiger partial charge in [-0.1, -0.05) is 24.9 Å². The molecule has 0 saturated carbocycles. The van der Waals surface area contributed by atoms with Crippen LogP contribution in [0.2, 0.25) is 5.02 Å². The Morgan fingerprint density at radius 3 is 2.60 bits per heavy atom. The van der Waals surface area contributed by atoms with Gasteiger partial charge in [-0.25, -0.2) is 0 Å². The van der Waals surface area contributed by atoms with Gasteiger partial charge < -0.3 is 11.1 Å². The summed E-state index contributed by atoms with van der Waals surface area (Å²) in [6.07, 6.45) is -3.34. The van der Waals surface area contributed by atoms with Crippen molar-refractivity contribution in [1.82, 2.24) is 0 Å². The minimum absolute atomic E-state index is 0.0424. The molecule has 0 aliphatic heterocycles. The smallest absolute Gasteiger partial charge is 0.330 e. The van der Waals surface area contributed by atoms with Gasteiger partial charge in [0.05, 0.1) is 17.2 Å². The summed E-state index contributed by atoms with van der Waals surface area (Å²) in [5.41, 5.74) is 4.19. The molecule has 1 aromatic rings. The van der Waals surface area contributed by atoms with Crippen molar-refractivity contribution in [3.05, 3.63) is 28.8 Å². The zero-order chi connectivity index (χ0) is 15.3. The second-order valence-electron chi connectivity index (χ2n) is 4.40. The lowest BCUT2D eigenvalue weighted by Gasteiger charge is -2.17. The number of carbonyl (C=O) groups is 1. The Morgan fingerprint density at radius 2 is 2.10 bits per heavy atom. The monoisotopic (exact) mass is 308 g/mol. The maximum atomic E-state index is 12.9. The van der Waals surface area contributed by atoms with E-state index in [1.807, 2.05) is 6.92 Å². The maximum absolute atomic E-state index is 12.9. The second kappa shape index (κ2) is 6.95. The summed E-state index contributed by atoms with van der Waals surface area (Å²) in [6.45, 7) is 1.97. The Hall–Kier alpha value is -1.27. The molecule has 0 aliphatic rings. The van der Waals surface area contributed by atoms with Gasteiger partial charge in [0.15, 0.2) is 0 Å². The number of rotatable bonds is 5. The van der Waals surface area contributed by atoms with E-state index in [9.17, 15) is 18.0 Å². The number of nitrogens with two attached hydrogens (primary N) is 1. The van der Waals surface area contributed by atoms with Crippen molar-refractivity contribution in [3.8, 4) is 0 Å². The van der Waals surface area contributed by atoms with Crippen LogP contribution in [0.25, 0.3) is 0 Å². The lowest BCUT2D eigenvalue weighted by molar-refractivity contribution is -0.137. The minimum atomic E-state index is -4.59. The second-order valence-corrected chi connectivity index (χ2v) is 4.83. The highest BCUT2D eigenvalue weighted by Crippen LogP contribution is 2.36. The molecule has 0 bridgehead atoms. The standard InChI is InChI=1S/C13H16ClF3N2O/c1-2-3-8(7-18)12(20)19-11-5-4-9(14)6-10(11)13(15,16)17/h4-6,8H,2-3,7,18H2,1H3,(H,19,20). The zero-order valence-corrected chi connectivity index (χ0v) is 11.7. The van der Waals surface area contributed by atoms with E-state index in [2.05, 4.69) is 5.32 Å². The topological polar surface area (TPSA) is 55.1 Å². The van der Waals surface area contributed by atoms with Crippen LogP contribution in [0.3, 0.4) is 0 Å². The molecular weight excluding hydrogens is 293 g/mol. The predicted octanol–water partition coefficient (Wildman–Crippen LogP) is 3.67. The molecule has 0 heterocycles. The highest BCUT2D eigenvalue weighted by molar-refractivity contribution is 6.30. The molecule has 0 radical (unpaired) electrons. The van der Waals surface area contributed by atoms with Gasteiger partial charge in [0.25, 0.3) is 0 Å². The van der Waals surface area contributed by atoms with Crippen molar-refractivity contribution < 1.29 is 18.0 Å². The van der Waals surface area contributed by atoms with Gasteiger partial charge in [-0.3, -0.25) is 4.79 Å². The summed E-state index contributed by atoms with van der Waals surface area (Å²) in [7, 11) is 0. The van der Waals surface area contributed by atoms with Crippen LogP contribution in [-0.2, 0) is 11.0 Å². The number of hydrogen-bond donors (Lipinski definition) is 2. The average molecular weight is 309 g/mol. The van der Waals surface area contributed by atoms with Crippen LogP contribution in [0.5, 0.6) is 0 Å². The van der Waals surface area contributed by atoms with E-state index in [0.29, 0.717) is 6.42 Å². The number of nitrogens with one attached hydrogen (secondary N) is 1. The molecule has 1 atom stereocenters. The van der Waals surface area contributed by atoms with Crippen LogP contribution in [0.1, 0.15) is 25.3 Å². The van der Waals surface area contributed by atoms with Gasteiger partial charge in [-0.05, 0) is 24.6 Å². The van der Waals surface area contributed by atoms with E-state index in [0.717, 1.165) is 18.6 Å². The van der Waals surface area contributed by atoms with Crippen LogP contribution in [0.15, 0.2) is 18.2 Å². The van der Waals surface area contributed by atoms with Crippen molar-refractivity contribution in [2.45, 2.75) is 25.9 Å². The first-order valence-electron chi connectivity index (χ1n) is 6.17. The third kappa shape index (κ3) is 4.38. The van der Waals surface area contributed by atoms with Gasteiger partial charge in [0, 0.05) is 11.6 Å². The van der Waals surface area contributed by atoms with Crippen LogP contribution in [0, 0.1) is 5.92 Å². The molecule has 1 aromatic carbocycles. The fourth-order valence-electron chi connectivity index (χ4n) is 1.80. The quantitative estimate of drug-likeness (QED) is 0.872. The molecule has 3 nitrogen and oxygen atoms in total. The molecule has 0 aromatic heterocycles. The summed E-state index contributed by atoms with van der Waals surface area (Å²) in [5.74, 6) is -1.01. The Kier molecular flexibility index (Phi) is 5.83. The molecule has 112 valence electrons. The van der Waals surface area contributed by atoms with E-state index >= 15 is 0 Å². The highest BCUT2D eigenvalue weighted by atomic mass is 35.5. The van der Waals surface area contributed by atoms with E-state index < -0.39 is 23.6 Å². The minimum Gasteiger partial charge on any atom is -0.330 e. The van der Waals surface area contributed by atoms with Gasteiger partial charge in [-0.2, -0.15) is 13.2 Å². The van der Waals surface area contributed by atoms with Crippen molar-refractivity contribution in [2.24, 2.45) is 11.7 Å². The molecule has 1 amide bonds. The van der Waals surface area contributed by atoms with Crippen LogP contribution in [0.4, 0.5) is 18.9 Å². The average Bonchev–Trinajstić information content (AvgIpc) is 2.36. The first-order valence-corrected chi connectivity index (χ1v) is 6.55. The molecule has 3 N–H and O–H groups in total. The third-order valence-corrected chi connectivity index (χ3v) is 3.07. The van der Waals surface area contributed by atoms with Gasteiger partial charge >= 0.3 is 6.18 Å². The number of hydrogen-bond acceptors (Lipinski definition) is 2. The summed E-state index contributed by atoms with van der Waals surface area (Å²) in [6, 6.07) is 3.22. The lowest BCUT2D eigenvalue weighted by Crippen LogP contribution is -2.30. The maximum Gasteiger partial charge on any atom is 0.418 e. The Bertz CT molecular complexity index is 477. The number of carbonyl (C=O) groups excluding carboxylic acids is 1. The molecule has 1 rings (SSSR count). The van der Waals surface area contributed by atoms with Gasteiger partial charge in [0.1, 0.15) is 0 Å². The molecule has 1 unspecified atom stereocenters. The number of halogens is 4. The summed E-state index contributed by atoms with van der Waals surface area (Å²) >= 11 is 5.57. The first kappa shape index (κ1) is 16.8. The molecule has 7 heteroatoms. The summed E-state index contributed by atoms with van der Waals surface area (Å²) in [5, 5.41) is 2.24. The van der Waals surface area contributed by atoms with Gasteiger partial charge in [0.2, 0.25) is 5.91 Å².